The molecule has 0 saturated heterocycles. The summed E-state index contributed by atoms with van der Waals surface area (Å²) >= 11 is 0. The van der Waals surface area contributed by atoms with Crippen molar-refractivity contribution in [2.24, 2.45) is 0 Å². The Morgan fingerprint density at radius 3 is 2.45 bits per heavy atom. The molecule has 0 aliphatic carbocycles. The molecule has 1 N–H and O–H groups in total. The van der Waals surface area contributed by atoms with Gasteiger partial charge in [-0.3, -0.25) is 0 Å². The Bertz CT molecular complexity index is 830. The first-order valence-corrected chi connectivity index (χ1v) is 6.41. The standard InChI is InChI=1S/C16H10F3NO2/c17-10-3-1-2-9(6-10)16-13(8-21)15(20-22-16)12-5-4-11(18)7-14(12)19/h1-7,21H,8H2. The van der Waals surface area contributed by atoms with Gasteiger partial charge in [-0.15, -0.1) is 0 Å². The largest absolute Gasteiger partial charge is 0.391 e. The fourth-order valence-corrected chi connectivity index (χ4v) is 2.21. The molecule has 22 heavy (non-hydrogen) atoms. The Morgan fingerprint density at radius 2 is 1.77 bits per heavy atom. The fraction of sp³-hybridized carbons (Fsp3) is 0.0625. The van der Waals surface area contributed by atoms with Gasteiger partial charge < -0.3 is 9.63 Å². The van der Waals surface area contributed by atoms with Crippen LogP contribution >= 0.6 is 0 Å². The van der Waals surface area contributed by atoms with E-state index in [0.29, 0.717) is 11.6 Å². The molecule has 0 bridgehead atoms. The van der Waals surface area contributed by atoms with Crippen LogP contribution in [0.4, 0.5) is 13.2 Å². The quantitative estimate of drug-likeness (QED) is 0.798. The van der Waals surface area contributed by atoms with Gasteiger partial charge in [0.15, 0.2) is 5.76 Å². The van der Waals surface area contributed by atoms with Crippen molar-refractivity contribution in [3.8, 4) is 22.6 Å². The highest BCUT2D eigenvalue weighted by Crippen LogP contribution is 2.33. The lowest BCUT2D eigenvalue weighted by molar-refractivity contribution is 0.281. The first-order valence-electron chi connectivity index (χ1n) is 6.41. The predicted octanol–water partition coefficient (Wildman–Crippen LogP) is 3.92. The summed E-state index contributed by atoms with van der Waals surface area (Å²) in [6.45, 7) is -0.485. The molecule has 0 saturated carbocycles. The highest BCUT2D eigenvalue weighted by molar-refractivity contribution is 5.72. The maximum absolute atomic E-state index is 13.9. The lowest BCUT2D eigenvalue weighted by atomic mass is 10.0. The number of hydrogen-bond acceptors (Lipinski definition) is 3. The highest BCUT2D eigenvalue weighted by Gasteiger charge is 2.21. The average molecular weight is 305 g/mol. The average Bonchev–Trinajstić information content (AvgIpc) is 2.91. The van der Waals surface area contributed by atoms with Crippen molar-refractivity contribution in [2.45, 2.75) is 6.61 Å². The molecule has 0 radical (unpaired) electrons. The summed E-state index contributed by atoms with van der Waals surface area (Å²) in [6.07, 6.45) is 0. The fourth-order valence-electron chi connectivity index (χ4n) is 2.21. The Labute approximate surface area is 123 Å². The second-order valence-electron chi connectivity index (χ2n) is 4.63. The van der Waals surface area contributed by atoms with Crippen molar-refractivity contribution in [2.75, 3.05) is 0 Å². The van der Waals surface area contributed by atoms with Crippen molar-refractivity contribution in [3.05, 3.63) is 65.5 Å². The van der Waals surface area contributed by atoms with Crippen LogP contribution in [0.1, 0.15) is 5.56 Å². The van der Waals surface area contributed by atoms with Gasteiger partial charge >= 0.3 is 0 Å². The molecule has 3 nitrogen and oxygen atoms in total. The molecule has 0 aliphatic heterocycles. The highest BCUT2D eigenvalue weighted by atomic mass is 19.1. The maximum Gasteiger partial charge on any atom is 0.173 e. The van der Waals surface area contributed by atoms with Crippen LogP contribution < -0.4 is 0 Å². The number of aromatic nitrogens is 1. The molecule has 1 aromatic heterocycles. The molecule has 2 aromatic carbocycles. The third-order valence-electron chi connectivity index (χ3n) is 3.22. The van der Waals surface area contributed by atoms with Crippen LogP contribution in [-0.4, -0.2) is 10.3 Å². The first-order chi connectivity index (χ1) is 10.6. The van der Waals surface area contributed by atoms with Crippen LogP contribution in [0, 0.1) is 17.5 Å². The maximum atomic E-state index is 13.9. The van der Waals surface area contributed by atoms with Crippen molar-refractivity contribution in [1.82, 2.24) is 5.16 Å². The summed E-state index contributed by atoms with van der Waals surface area (Å²) < 4.78 is 45.3. The van der Waals surface area contributed by atoms with E-state index >= 15 is 0 Å². The number of benzene rings is 2. The van der Waals surface area contributed by atoms with Gasteiger partial charge in [0, 0.05) is 17.2 Å². The number of rotatable bonds is 3. The molecule has 1 heterocycles. The van der Waals surface area contributed by atoms with Crippen molar-refractivity contribution in [1.29, 1.82) is 0 Å². The molecule has 3 aromatic rings. The Hall–Kier alpha value is -2.60. The van der Waals surface area contributed by atoms with E-state index in [1.165, 1.54) is 24.3 Å². The zero-order valence-electron chi connectivity index (χ0n) is 11.2. The molecule has 112 valence electrons. The zero-order valence-corrected chi connectivity index (χ0v) is 11.2. The van der Waals surface area contributed by atoms with E-state index in [-0.39, 0.29) is 22.6 Å². The molecule has 0 aliphatic rings. The monoisotopic (exact) mass is 305 g/mol. The van der Waals surface area contributed by atoms with Crippen LogP contribution in [0.2, 0.25) is 0 Å². The minimum absolute atomic E-state index is 0.00291. The lowest BCUT2D eigenvalue weighted by Crippen LogP contribution is -1.92. The molecule has 6 heteroatoms. The van der Waals surface area contributed by atoms with Crippen LogP contribution in [0.25, 0.3) is 22.6 Å². The van der Waals surface area contributed by atoms with E-state index in [0.717, 1.165) is 6.07 Å². The summed E-state index contributed by atoms with van der Waals surface area (Å²) in [7, 11) is 0. The SMILES string of the molecule is OCc1c(-c2ccc(F)cc2F)noc1-c1cccc(F)c1. The normalized spacial score (nSPS) is 10.9. The van der Waals surface area contributed by atoms with E-state index in [9.17, 15) is 18.3 Å². The third-order valence-corrected chi connectivity index (χ3v) is 3.22. The number of nitrogens with zero attached hydrogens (tertiary/aromatic N) is 1. The second kappa shape index (κ2) is 5.65. The van der Waals surface area contributed by atoms with Crippen molar-refractivity contribution < 1.29 is 22.8 Å². The van der Waals surface area contributed by atoms with Crippen molar-refractivity contribution >= 4 is 0 Å². The summed E-state index contributed by atoms with van der Waals surface area (Å²) in [5.74, 6) is -1.89. The zero-order chi connectivity index (χ0) is 15.7. The van der Waals surface area contributed by atoms with Gasteiger partial charge in [-0.05, 0) is 24.3 Å². The molecule has 0 atom stereocenters. The molecule has 0 unspecified atom stereocenters. The number of hydrogen-bond donors (Lipinski definition) is 1. The van der Waals surface area contributed by atoms with Crippen molar-refractivity contribution in [3.63, 3.8) is 0 Å². The van der Waals surface area contributed by atoms with E-state index < -0.39 is 24.1 Å². The molecular weight excluding hydrogens is 295 g/mol. The second-order valence-corrected chi connectivity index (χ2v) is 4.63. The molecule has 0 amide bonds. The topological polar surface area (TPSA) is 46.3 Å². The summed E-state index contributed by atoms with van der Waals surface area (Å²) in [5, 5.41) is 13.3. The van der Waals surface area contributed by atoms with Gasteiger partial charge in [0.25, 0.3) is 0 Å². The van der Waals surface area contributed by atoms with Gasteiger partial charge in [0.2, 0.25) is 0 Å². The van der Waals surface area contributed by atoms with Gasteiger partial charge in [-0.2, -0.15) is 0 Å². The summed E-state index contributed by atoms with van der Waals surface area (Å²) in [5.41, 5.74) is 0.623. The lowest BCUT2D eigenvalue weighted by Gasteiger charge is -2.03. The van der Waals surface area contributed by atoms with Crippen LogP contribution in [-0.2, 0) is 6.61 Å². The van der Waals surface area contributed by atoms with Gasteiger partial charge in [0.05, 0.1) is 12.2 Å². The van der Waals surface area contributed by atoms with Crippen LogP contribution in [0.5, 0.6) is 0 Å². The Kier molecular flexibility index (Phi) is 3.68. The molecular formula is C16H10F3NO2. The molecule has 0 spiro atoms. The van der Waals surface area contributed by atoms with E-state index in [4.69, 9.17) is 4.52 Å². The summed E-state index contributed by atoms with van der Waals surface area (Å²) in [6, 6.07) is 8.53. The Balaban J connectivity index is 2.15. The third kappa shape index (κ3) is 2.48. The van der Waals surface area contributed by atoms with Gasteiger partial charge in [-0.1, -0.05) is 17.3 Å². The van der Waals surface area contributed by atoms with Crippen LogP contribution in [0.3, 0.4) is 0 Å². The Morgan fingerprint density at radius 1 is 1.00 bits per heavy atom. The molecule has 0 fully saturated rings. The predicted molar refractivity (Wildman–Crippen MR) is 73.2 cm³/mol. The van der Waals surface area contributed by atoms with E-state index in [1.54, 1.807) is 6.07 Å². The van der Waals surface area contributed by atoms with Crippen LogP contribution in [0.15, 0.2) is 47.0 Å². The van der Waals surface area contributed by atoms with E-state index in [2.05, 4.69) is 5.16 Å². The minimum atomic E-state index is -0.825. The number of aliphatic hydroxyl groups is 1. The van der Waals surface area contributed by atoms with E-state index in [1.807, 2.05) is 0 Å². The smallest absolute Gasteiger partial charge is 0.173 e. The minimum Gasteiger partial charge on any atom is -0.391 e. The first kappa shape index (κ1) is 14.3. The van der Waals surface area contributed by atoms with Gasteiger partial charge in [0.1, 0.15) is 23.1 Å². The van der Waals surface area contributed by atoms with Gasteiger partial charge in [-0.25, -0.2) is 13.2 Å². The molecule has 3 rings (SSSR count). The number of halogens is 3. The summed E-state index contributed by atoms with van der Waals surface area (Å²) in [4.78, 5) is 0. The number of aliphatic hydroxyl groups excluding tert-OH is 1.